The highest BCUT2D eigenvalue weighted by Gasteiger charge is 2.14. The van der Waals surface area contributed by atoms with E-state index in [4.69, 9.17) is 4.74 Å². The average molecular weight is 296 g/mol. The molecule has 0 atom stereocenters. The molecule has 0 saturated carbocycles. The molecule has 0 heterocycles. The van der Waals surface area contributed by atoms with Gasteiger partial charge in [0.05, 0.1) is 18.6 Å². The van der Waals surface area contributed by atoms with Gasteiger partial charge in [0, 0.05) is 11.1 Å². The molecule has 4 heteroatoms. The Balaban J connectivity index is 2.04. The third-order valence-electron chi connectivity index (χ3n) is 3.13. The van der Waals surface area contributed by atoms with Gasteiger partial charge >= 0.3 is 5.97 Å². The van der Waals surface area contributed by atoms with Crippen LogP contribution in [0.25, 0.3) is 0 Å². The zero-order chi connectivity index (χ0) is 15.9. The van der Waals surface area contributed by atoms with Crippen LogP contribution < -0.4 is 0 Å². The molecule has 0 unspecified atom stereocenters. The lowest BCUT2D eigenvalue weighted by Gasteiger charge is -2.04. The van der Waals surface area contributed by atoms with E-state index in [1.807, 2.05) is 6.07 Å². The normalized spacial score (nSPS) is 10.0. The summed E-state index contributed by atoms with van der Waals surface area (Å²) in [6.45, 7) is 2.02. The van der Waals surface area contributed by atoms with Crippen LogP contribution in [0.15, 0.2) is 54.6 Å². The molecule has 0 saturated heterocycles. The Labute approximate surface area is 128 Å². The van der Waals surface area contributed by atoms with Crippen LogP contribution in [0.2, 0.25) is 0 Å². The first-order chi connectivity index (χ1) is 10.6. The van der Waals surface area contributed by atoms with Crippen molar-refractivity contribution in [2.75, 3.05) is 6.61 Å². The van der Waals surface area contributed by atoms with E-state index in [1.54, 1.807) is 31.2 Å². The zero-order valence-electron chi connectivity index (χ0n) is 12.2. The number of carbonyl (C=O) groups is 3. The van der Waals surface area contributed by atoms with Crippen molar-refractivity contribution in [3.05, 3.63) is 71.3 Å². The highest BCUT2D eigenvalue weighted by atomic mass is 16.5. The molecule has 0 aliphatic rings. The fourth-order valence-corrected chi connectivity index (χ4v) is 1.98. The van der Waals surface area contributed by atoms with Gasteiger partial charge < -0.3 is 4.74 Å². The first kappa shape index (κ1) is 15.6. The van der Waals surface area contributed by atoms with E-state index in [9.17, 15) is 14.4 Å². The summed E-state index contributed by atoms with van der Waals surface area (Å²) in [5.74, 6) is -0.925. The lowest BCUT2D eigenvalue weighted by atomic mass is 10.0. The van der Waals surface area contributed by atoms with E-state index < -0.39 is 5.97 Å². The summed E-state index contributed by atoms with van der Waals surface area (Å²) in [4.78, 5) is 35.6. The predicted octanol–water partition coefficient (Wildman–Crippen LogP) is 3.32. The molecular weight excluding hydrogens is 280 g/mol. The maximum absolute atomic E-state index is 12.1. The molecule has 0 bridgehead atoms. The fourth-order valence-electron chi connectivity index (χ4n) is 1.98. The zero-order valence-corrected chi connectivity index (χ0v) is 12.2. The van der Waals surface area contributed by atoms with Gasteiger partial charge in [-0.25, -0.2) is 4.79 Å². The first-order valence-electron chi connectivity index (χ1n) is 7.00. The van der Waals surface area contributed by atoms with Crippen LogP contribution in [0.1, 0.15) is 44.4 Å². The van der Waals surface area contributed by atoms with Crippen LogP contribution >= 0.6 is 0 Å². The average Bonchev–Trinajstić information content (AvgIpc) is 2.56. The van der Waals surface area contributed by atoms with E-state index >= 15 is 0 Å². The standard InChI is InChI=1S/C18H16O4/c1-2-22-18(21)15-10-8-14(9-11-15)17(20)12-16(19)13-6-4-3-5-7-13/h3-11H,2,12H2,1H3. The van der Waals surface area contributed by atoms with E-state index in [0.717, 1.165) is 0 Å². The number of hydrogen-bond acceptors (Lipinski definition) is 4. The summed E-state index contributed by atoms with van der Waals surface area (Å²) >= 11 is 0. The molecule has 0 N–H and O–H groups in total. The first-order valence-corrected chi connectivity index (χ1v) is 7.00. The number of ketones is 2. The predicted molar refractivity (Wildman–Crippen MR) is 82.1 cm³/mol. The molecule has 0 fully saturated rings. The number of esters is 1. The van der Waals surface area contributed by atoms with Gasteiger partial charge in [0.2, 0.25) is 0 Å². The Hall–Kier alpha value is -2.75. The minimum atomic E-state index is -0.429. The maximum atomic E-state index is 12.1. The molecule has 0 aromatic heterocycles. The van der Waals surface area contributed by atoms with Crippen molar-refractivity contribution in [1.29, 1.82) is 0 Å². The molecule has 0 aliphatic heterocycles. The second-order valence-corrected chi connectivity index (χ2v) is 4.69. The Morgan fingerprint density at radius 2 is 1.27 bits per heavy atom. The van der Waals surface area contributed by atoms with Crippen LogP contribution in [0, 0.1) is 0 Å². The monoisotopic (exact) mass is 296 g/mol. The van der Waals surface area contributed by atoms with Crippen LogP contribution in [0.5, 0.6) is 0 Å². The molecule has 2 aromatic carbocycles. The van der Waals surface area contributed by atoms with Crippen LogP contribution in [0.4, 0.5) is 0 Å². The number of benzene rings is 2. The topological polar surface area (TPSA) is 60.4 Å². The summed E-state index contributed by atoms with van der Waals surface area (Å²) in [6.07, 6.45) is -0.192. The second kappa shape index (κ2) is 7.31. The van der Waals surface area contributed by atoms with Gasteiger partial charge in [-0.15, -0.1) is 0 Å². The number of hydrogen-bond donors (Lipinski definition) is 0. The Bertz CT molecular complexity index is 672. The quantitative estimate of drug-likeness (QED) is 0.466. The van der Waals surface area contributed by atoms with E-state index in [2.05, 4.69) is 0 Å². The summed E-state index contributed by atoms with van der Waals surface area (Å²) in [5, 5.41) is 0. The van der Waals surface area contributed by atoms with Crippen molar-refractivity contribution < 1.29 is 19.1 Å². The molecular formula is C18H16O4. The van der Waals surface area contributed by atoms with Crippen LogP contribution in [0.3, 0.4) is 0 Å². The molecule has 0 amide bonds. The lowest BCUT2D eigenvalue weighted by molar-refractivity contribution is 0.0525. The molecule has 2 rings (SSSR count). The van der Waals surface area contributed by atoms with Gasteiger partial charge in [0.25, 0.3) is 0 Å². The Kier molecular flexibility index (Phi) is 5.20. The van der Waals surface area contributed by atoms with Crippen molar-refractivity contribution in [3.8, 4) is 0 Å². The summed E-state index contributed by atoms with van der Waals surface area (Å²) in [6, 6.07) is 14.8. The molecule has 0 radical (unpaired) electrons. The highest BCUT2D eigenvalue weighted by molar-refractivity contribution is 6.13. The van der Waals surface area contributed by atoms with Gasteiger partial charge in [-0.3, -0.25) is 9.59 Å². The minimum absolute atomic E-state index is 0.192. The lowest BCUT2D eigenvalue weighted by Crippen LogP contribution is -2.09. The van der Waals surface area contributed by atoms with Crippen LogP contribution in [-0.2, 0) is 4.74 Å². The summed E-state index contributed by atoms with van der Waals surface area (Å²) in [7, 11) is 0. The fraction of sp³-hybridized carbons (Fsp3) is 0.167. The third kappa shape index (κ3) is 3.88. The summed E-state index contributed by atoms with van der Waals surface area (Å²) < 4.78 is 4.87. The van der Waals surface area contributed by atoms with Gasteiger partial charge in [-0.05, 0) is 19.1 Å². The maximum Gasteiger partial charge on any atom is 0.338 e. The highest BCUT2D eigenvalue weighted by Crippen LogP contribution is 2.11. The molecule has 2 aromatic rings. The van der Waals surface area contributed by atoms with E-state index in [0.29, 0.717) is 23.3 Å². The van der Waals surface area contributed by atoms with E-state index in [-0.39, 0.29) is 18.0 Å². The summed E-state index contributed by atoms with van der Waals surface area (Å²) in [5.41, 5.74) is 1.30. The number of carbonyl (C=O) groups excluding carboxylic acids is 3. The van der Waals surface area contributed by atoms with Crippen molar-refractivity contribution in [2.45, 2.75) is 13.3 Å². The van der Waals surface area contributed by atoms with Crippen molar-refractivity contribution in [2.24, 2.45) is 0 Å². The van der Waals surface area contributed by atoms with Crippen molar-refractivity contribution in [1.82, 2.24) is 0 Å². The second-order valence-electron chi connectivity index (χ2n) is 4.69. The molecule has 112 valence electrons. The number of Topliss-reactive ketones (excluding diaryl/α,β-unsaturated/α-hetero) is 2. The SMILES string of the molecule is CCOC(=O)c1ccc(C(=O)CC(=O)c2ccccc2)cc1. The molecule has 4 nitrogen and oxygen atoms in total. The van der Waals surface area contributed by atoms with E-state index in [1.165, 1.54) is 24.3 Å². The Morgan fingerprint density at radius 3 is 1.82 bits per heavy atom. The van der Waals surface area contributed by atoms with Gasteiger partial charge in [0.15, 0.2) is 11.6 Å². The van der Waals surface area contributed by atoms with Gasteiger partial charge in [0.1, 0.15) is 0 Å². The van der Waals surface area contributed by atoms with Gasteiger partial charge in [-0.2, -0.15) is 0 Å². The largest absolute Gasteiger partial charge is 0.462 e. The smallest absolute Gasteiger partial charge is 0.338 e. The molecule has 0 aliphatic carbocycles. The molecule has 22 heavy (non-hydrogen) atoms. The number of rotatable bonds is 6. The van der Waals surface area contributed by atoms with Crippen molar-refractivity contribution in [3.63, 3.8) is 0 Å². The van der Waals surface area contributed by atoms with Crippen LogP contribution in [-0.4, -0.2) is 24.1 Å². The van der Waals surface area contributed by atoms with Gasteiger partial charge in [-0.1, -0.05) is 42.5 Å². The minimum Gasteiger partial charge on any atom is -0.462 e. The third-order valence-corrected chi connectivity index (χ3v) is 3.13. The van der Waals surface area contributed by atoms with Crippen molar-refractivity contribution >= 4 is 17.5 Å². The Morgan fingerprint density at radius 1 is 0.773 bits per heavy atom. The number of ether oxygens (including phenoxy) is 1. The molecule has 0 spiro atoms.